The lowest BCUT2D eigenvalue weighted by molar-refractivity contribution is -0.156. The quantitative estimate of drug-likeness (QED) is 0.507. The van der Waals surface area contributed by atoms with Crippen LogP contribution in [0.4, 0.5) is 0 Å². The molecule has 100 valence electrons. The summed E-state index contributed by atoms with van der Waals surface area (Å²) >= 11 is 0. The monoisotopic (exact) mass is 242 g/mol. The van der Waals surface area contributed by atoms with Crippen LogP contribution in [-0.4, -0.2) is 17.4 Å². The lowest BCUT2D eigenvalue weighted by Crippen LogP contribution is -2.25. The molecule has 3 heteroatoms. The molecule has 1 atom stereocenters. The van der Waals surface area contributed by atoms with Crippen LogP contribution in [0.3, 0.4) is 0 Å². The molecule has 0 radical (unpaired) electrons. The third-order valence-electron chi connectivity index (χ3n) is 2.39. The standard InChI is InChI=1S/C14H26O3/c1-6-7-8-11(2)9-12(15)10-13(16)17-14(3,4)5/h11H,6-10H2,1-5H3. The maximum Gasteiger partial charge on any atom is 0.313 e. The Bertz CT molecular complexity index is 251. The van der Waals surface area contributed by atoms with Gasteiger partial charge in [0, 0.05) is 6.42 Å². The van der Waals surface area contributed by atoms with Gasteiger partial charge in [0.05, 0.1) is 0 Å². The molecule has 3 nitrogen and oxygen atoms in total. The first-order valence-electron chi connectivity index (χ1n) is 6.48. The molecular formula is C14H26O3. The van der Waals surface area contributed by atoms with Crippen LogP contribution in [0.5, 0.6) is 0 Å². The molecule has 0 aromatic rings. The van der Waals surface area contributed by atoms with E-state index in [2.05, 4.69) is 13.8 Å². The average Bonchev–Trinajstić information content (AvgIpc) is 2.10. The van der Waals surface area contributed by atoms with Crippen LogP contribution in [0.1, 0.15) is 66.7 Å². The molecule has 0 bridgehead atoms. The van der Waals surface area contributed by atoms with Crippen LogP contribution < -0.4 is 0 Å². The van der Waals surface area contributed by atoms with E-state index in [1.54, 1.807) is 20.8 Å². The first-order valence-corrected chi connectivity index (χ1v) is 6.48. The number of Topliss-reactive ketones (excluding diaryl/α,β-unsaturated/α-hetero) is 1. The second kappa shape index (κ2) is 7.46. The molecule has 17 heavy (non-hydrogen) atoms. The number of ether oxygens (including phenoxy) is 1. The van der Waals surface area contributed by atoms with Gasteiger partial charge in [0.15, 0.2) is 0 Å². The SMILES string of the molecule is CCCCC(C)CC(=O)CC(=O)OC(C)(C)C. The number of hydrogen-bond acceptors (Lipinski definition) is 3. The van der Waals surface area contributed by atoms with Crippen LogP contribution in [0.2, 0.25) is 0 Å². The Balaban J connectivity index is 3.89. The highest BCUT2D eigenvalue weighted by Crippen LogP contribution is 2.14. The summed E-state index contributed by atoms with van der Waals surface area (Å²) in [4.78, 5) is 23.0. The van der Waals surface area contributed by atoms with E-state index in [0.29, 0.717) is 12.3 Å². The van der Waals surface area contributed by atoms with Gasteiger partial charge in [-0.05, 0) is 26.7 Å². The van der Waals surface area contributed by atoms with Crippen molar-refractivity contribution in [2.24, 2.45) is 5.92 Å². The van der Waals surface area contributed by atoms with Crippen molar-refractivity contribution in [2.45, 2.75) is 72.3 Å². The Morgan fingerprint density at radius 3 is 2.29 bits per heavy atom. The van der Waals surface area contributed by atoms with Gasteiger partial charge < -0.3 is 4.74 Å². The summed E-state index contributed by atoms with van der Waals surface area (Å²) in [5.74, 6) is -0.0575. The van der Waals surface area contributed by atoms with Crippen LogP contribution in [0.25, 0.3) is 0 Å². The highest BCUT2D eigenvalue weighted by molar-refractivity contribution is 5.95. The molecule has 0 aliphatic rings. The van der Waals surface area contributed by atoms with Gasteiger partial charge in [-0.3, -0.25) is 9.59 Å². The number of unbranched alkanes of at least 4 members (excludes halogenated alkanes) is 1. The van der Waals surface area contributed by atoms with Crippen molar-refractivity contribution >= 4 is 11.8 Å². The zero-order chi connectivity index (χ0) is 13.5. The predicted octanol–water partition coefficient (Wildman–Crippen LogP) is 3.50. The minimum absolute atomic E-state index is 0.0112. The zero-order valence-corrected chi connectivity index (χ0v) is 11.8. The third kappa shape index (κ3) is 10.0. The van der Waals surface area contributed by atoms with Gasteiger partial charge >= 0.3 is 5.97 Å². The molecule has 1 unspecified atom stereocenters. The minimum Gasteiger partial charge on any atom is -0.460 e. The summed E-state index contributed by atoms with van der Waals surface area (Å²) in [6.45, 7) is 9.61. The van der Waals surface area contributed by atoms with Gasteiger partial charge in [-0.2, -0.15) is 0 Å². The predicted molar refractivity (Wildman–Crippen MR) is 68.8 cm³/mol. The van der Waals surface area contributed by atoms with Gasteiger partial charge in [-0.15, -0.1) is 0 Å². The summed E-state index contributed by atoms with van der Waals surface area (Å²) in [7, 11) is 0. The van der Waals surface area contributed by atoms with Gasteiger partial charge in [0.1, 0.15) is 17.8 Å². The Labute approximate surface area is 105 Å². The lowest BCUT2D eigenvalue weighted by Gasteiger charge is -2.19. The van der Waals surface area contributed by atoms with Crippen LogP contribution in [-0.2, 0) is 14.3 Å². The number of esters is 1. The molecule has 0 rings (SSSR count). The average molecular weight is 242 g/mol. The number of carbonyl (C=O) groups excluding carboxylic acids is 2. The van der Waals surface area contributed by atoms with E-state index in [9.17, 15) is 9.59 Å². The number of hydrogen-bond donors (Lipinski definition) is 0. The molecule has 0 aliphatic heterocycles. The Morgan fingerprint density at radius 2 is 1.82 bits per heavy atom. The maximum atomic E-state index is 11.6. The van der Waals surface area contributed by atoms with E-state index in [4.69, 9.17) is 4.74 Å². The van der Waals surface area contributed by atoms with Gasteiger partial charge in [0.2, 0.25) is 0 Å². The number of rotatable bonds is 7. The summed E-state index contributed by atoms with van der Waals surface area (Å²) in [6, 6.07) is 0. The lowest BCUT2D eigenvalue weighted by atomic mass is 9.97. The Morgan fingerprint density at radius 1 is 1.24 bits per heavy atom. The van der Waals surface area contributed by atoms with E-state index in [1.807, 2.05) is 0 Å². The summed E-state index contributed by atoms with van der Waals surface area (Å²) in [5, 5.41) is 0. The van der Waals surface area contributed by atoms with E-state index in [-0.39, 0.29) is 12.2 Å². The largest absolute Gasteiger partial charge is 0.460 e. The highest BCUT2D eigenvalue weighted by atomic mass is 16.6. The maximum absolute atomic E-state index is 11.6. The number of ketones is 1. The van der Waals surface area contributed by atoms with E-state index >= 15 is 0 Å². The molecule has 0 heterocycles. The molecule has 0 spiro atoms. The topological polar surface area (TPSA) is 43.4 Å². The van der Waals surface area contributed by atoms with E-state index < -0.39 is 11.6 Å². The van der Waals surface area contributed by atoms with Crippen molar-refractivity contribution in [2.75, 3.05) is 0 Å². The Kier molecular flexibility index (Phi) is 7.09. The molecule has 0 N–H and O–H groups in total. The third-order valence-corrected chi connectivity index (χ3v) is 2.39. The molecule has 0 saturated heterocycles. The van der Waals surface area contributed by atoms with Crippen molar-refractivity contribution in [3.05, 3.63) is 0 Å². The molecule has 0 aromatic heterocycles. The molecule has 0 amide bonds. The van der Waals surface area contributed by atoms with E-state index in [1.165, 1.54) is 0 Å². The Hall–Kier alpha value is -0.860. The normalized spacial score (nSPS) is 13.2. The van der Waals surface area contributed by atoms with Gasteiger partial charge in [-0.25, -0.2) is 0 Å². The molecule has 0 fully saturated rings. The van der Waals surface area contributed by atoms with Crippen LogP contribution >= 0.6 is 0 Å². The van der Waals surface area contributed by atoms with Crippen molar-refractivity contribution in [3.8, 4) is 0 Å². The zero-order valence-electron chi connectivity index (χ0n) is 11.8. The van der Waals surface area contributed by atoms with E-state index in [0.717, 1.165) is 19.3 Å². The smallest absolute Gasteiger partial charge is 0.313 e. The van der Waals surface area contributed by atoms with Crippen molar-refractivity contribution in [3.63, 3.8) is 0 Å². The molecule has 0 saturated carbocycles. The fourth-order valence-corrected chi connectivity index (χ4v) is 1.65. The van der Waals surface area contributed by atoms with Crippen molar-refractivity contribution in [1.29, 1.82) is 0 Å². The first-order chi connectivity index (χ1) is 7.74. The second-order valence-corrected chi connectivity index (χ2v) is 5.75. The van der Waals surface area contributed by atoms with Crippen LogP contribution in [0, 0.1) is 5.92 Å². The molecular weight excluding hydrogens is 216 g/mol. The summed E-state index contributed by atoms with van der Waals surface area (Å²) in [5.41, 5.74) is -0.509. The summed E-state index contributed by atoms with van der Waals surface area (Å²) in [6.07, 6.45) is 3.73. The van der Waals surface area contributed by atoms with Gasteiger partial charge in [-0.1, -0.05) is 33.1 Å². The molecule has 0 aromatic carbocycles. The van der Waals surface area contributed by atoms with Crippen molar-refractivity contribution in [1.82, 2.24) is 0 Å². The fraction of sp³-hybridized carbons (Fsp3) is 0.857. The number of carbonyl (C=O) groups is 2. The van der Waals surface area contributed by atoms with Crippen molar-refractivity contribution < 1.29 is 14.3 Å². The molecule has 0 aliphatic carbocycles. The second-order valence-electron chi connectivity index (χ2n) is 5.75. The minimum atomic E-state index is -0.509. The van der Waals surface area contributed by atoms with Gasteiger partial charge in [0.25, 0.3) is 0 Å². The van der Waals surface area contributed by atoms with Crippen LogP contribution in [0.15, 0.2) is 0 Å². The first kappa shape index (κ1) is 16.1. The summed E-state index contributed by atoms with van der Waals surface area (Å²) < 4.78 is 5.11. The fourth-order valence-electron chi connectivity index (χ4n) is 1.65. The highest BCUT2D eigenvalue weighted by Gasteiger charge is 2.19.